The van der Waals surface area contributed by atoms with Crippen LogP contribution in [0.25, 0.3) is 0 Å². The molecule has 3 amide bonds. The molecule has 0 fully saturated rings. The van der Waals surface area contributed by atoms with Gasteiger partial charge in [-0.2, -0.15) is 0 Å². The fourth-order valence-corrected chi connectivity index (χ4v) is 2.77. The minimum atomic E-state index is -0.686. The van der Waals surface area contributed by atoms with Crippen LogP contribution >= 0.6 is 15.9 Å². The zero-order valence-electron chi connectivity index (χ0n) is 15.7. The van der Waals surface area contributed by atoms with Gasteiger partial charge in [-0.15, -0.1) is 0 Å². The number of hydrogen-bond donors (Lipinski definition) is 3. The van der Waals surface area contributed by atoms with Gasteiger partial charge in [0.25, 0.3) is 5.91 Å². The zero-order valence-corrected chi connectivity index (χ0v) is 17.3. The third-order valence-electron chi connectivity index (χ3n) is 3.92. The van der Waals surface area contributed by atoms with E-state index in [2.05, 4.69) is 31.9 Å². The van der Waals surface area contributed by atoms with Crippen LogP contribution in [0, 0.1) is 0 Å². The van der Waals surface area contributed by atoms with Crippen molar-refractivity contribution in [2.24, 2.45) is 0 Å². The van der Waals surface area contributed by atoms with Crippen molar-refractivity contribution in [2.75, 3.05) is 16.0 Å². The number of nitrogens with one attached hydrogen (secondary N) is 3. The summed E-state index contributed by atoms with van der Waals surface area (Å²) in [5.74, 6) is 0.308. The Bertz CT molecular complexity index is 978. The molecule has 7 heteroatoms. The minimum Gasteiger partial charge on any atom is -0.481 e. The van der Waals surface area contributed by atoms with Gasteiger partial charge in [-0.05, 0) is 61.5 Å². The SMILES string of the molecule is CC(Oc1ccc(Br)cc1)C(=O)Nc1cccc(NC(=O)Nc2ccccc2)c1. The Kier molecular flexibility index (Phi) is 6.86. The molecule has 0 aliphatic carbocycles. The molecule has 29 heavy (non-hydrogen) atoms. The second-order valence-electron chi connectivity index (χ2n) is 6.23. The highest BCUT2D eigenvalue weighted by molar-refractivity contribution is 9.10. The van der Waals surface area contributed by atoms with E-state index in [9.17, 15) is 9.59 Å². The average molecular weight is 454 g/mol. The number of rotatable bonds is 6. The molecule has 6 nitrogen and oxygen atoms in total. The molecular weight excluding hydrogens is 434 g/mol. The van der Waals surface area contributed by atoms with Crippen molar-refractivity contribution >= 4 is 44.9 Å². The Morgan fingerprint density at radius 3 is 2.07 bits per heavy atom. The molecule has 0 saturated carbocycles. The van der Waals surface area contributed by atoms with Gasteiger partial charge in [-0.3, -0.25) is 4.79 Å². The second kappa shape index (κ2) is 9.75. The van der Waals surface area contributed by atoms with Crippen LogP contribution in [0.15, 0.2) is 83.3 Å². The van der Waals surface area contributed by atoms with Crippen LogP contribution in [0.3, 0.4) is 0 Å². The second-order valence-corrected chi connectivity index (χ2v) is 7.14. The summed E-state index contributed by atoms with van der Waals surface area (Å²) in [6.45, 7) is 1.67. The number of ether oxygens (including phenoxy) is 1. The summed E-state index contributed by atoms with van der Waals surface area (Å²) in [7, 11) is 0. The monoisotopic (exact) mass is 453 g/mol. The van der Waals surface area contributed by atoms with Gasteiger partial charge >= 0.3 is 6.03 Å². The first-order chi connectivity index (χ1) is 14.0. The van der Waals surface area contributed by atoms with Crippen molar-refractivity contribution in [2.45, 2.75) is 13.0 Å². The lowest BCUT2D eigenvalue weighted by molar-refractivity contribution is -0.122. The van der Waals surface area contributed by atoms with Crippen molar-refractivity contribution in [3.8, 4) is 5.75 Å². The van der Waals surface area contributed by atoms with E-state index < -0.39 is 6.10 Å². The van der Waals surface area contributed by atoms with Crippen LogP contribution < -0.4 is 20.7 Å². The molecule has 0 spiro atoms. The predicted molar refractivity (Wildman–Crippen MR) is 118 cm³/mol. The number of carbonyl (C=O) groups is 2. The van der Waals surface area contributed by atoms with Crippen molar-refractivity contribution in [3.63, 3.8) is 0 Å². The first-order valence-electron chi connectivity index (χ1n) is 8.96. The average Bonchev–Trinajstić information content (AvgIpc) is 2.70. The molecule has 1 atom stereocenters. The molecule has 0 heterocycles. The standard InChI is InChI=1S/C22H20BrN3O3/c1-15(29-20-12-10-16(23)11-13-20)21(27)24-18-8-5-9-19(14-18)26-22(28)25-17-6-3-2-4-7-17/h2-15H,1H3,(H,24,27)(H2,25,26,28). The highest BCUT2D eigenvalue weighted by Gasteiger charge is 2.15. The van der Waals surface area contributed by atoms with E-state index in [4.69, 9.17) is 4.74 Å². The van der Waals surface area contributed by atoms with E-state index in [0.717, 1.165) is 4.47 Å². The highest BCUT2D eigenvalue weighted by Crippen LogP contribution is 2.19. The van der Waals surface area contributed by atoms with Crippen LogP contribution in [-0.4, -0.2) is 18.0 Å². The van der Waals surface area contributed by atoms with Gasteiger partial charge in [0.2, 0.25) is 0 Å². The highest BCUT2D eigenvalue weighted by atomic mass is 79.9. The number of amides is 3. The molecule has 0 aliphatic rings. The lowest BCUT2D eigenvalue weighted by Crippen LogP contribution is -2.30. The van der Waals surface area contributed by atoms with Gasteiger partial charge in [0, 0.05) is 21.5 Å². The first kappa shape index (κ1) is 20.4. The first-order valence-corrected chi connectivity index (χ1v) is 9.75. The number of hydrogen-bond acceptors (Lipinski definition) is 3. The Hall–Kier alpha value is -3.32. The minimum absolute atomic E-state index is 0.293. The summed E-state index contributed by atoms with van der Waals surface area (Å²) < 4.78 is 6.58. The number of carbonyl (C=O) groups excluding carboxylic acids is 2. The number of halogens is 1. The van der Waals surface area contributed by atoms with Gasteiger partial charge < -0.3 is 20.7 Å². The molecule has 148 valence electrons. The van der Waals surface area contributed by atoms with Crippen LogP contribution in [0.4, 0.5) is 21.9 Å². The molecular formula is C22H20BrN3O3. The maximum absolute atomic E-state index is 12.4. The van der Waals surface area contributed by atoms with E-state index in [1.807, 2.05) is 30.3 Å². The van der Waals surface area contributed by atoms with Gasteiger partial charge in [0.15, 0.2) is 6.10 Å². The summed E-state index contributed by atoms with van der Waals surface area (Å²) in [5, 5.41) is 8.27. The third kappa shape index (κ3) is 6.36. The van der Waals surface area contributed by atoms with Crippen molar-refractivity contribution in [1.29, 1.82) is 0 Å². The quantitative estimate of drug-likeness (QED) is 0.460. The molecule has 0 saturated heterocycles. The molecule has 0 aliphatic heterocycles. The fraction of sp³-hybridized carbons (Fsp3) is 0.0909. The van der Waals surface area contributed by atoms with E-state index in [1.54, 1.807) is 55.5 Å². The van der Waals surface area contributed by atoms with E-state index in [1.165, 1.54) is 0 Å². The Morgan fingerprint density at radius 1 is 0.793 bits per heavy atom. The zero-order chi connectivity index (χ0) is 20.6. The van der Waals surface area contributed by atoms with Gasteiger partial charge in [-0.1, -0.05) is 40.2 Å². The molecule has 3 N–H and O–H groups in total. The van der Waals surface area contributed by atoms with Crippen molar-refractivity contribution in [1.82, 2.24) is 0 Å². The van der Waals surface area contributed by atoms with E-state index in [-0.39, 0.29) is 11.9 Å². The molecule has 0 aromatic heterocycles. The maximum atomic E-state index is 12.4. The van der Waals surface area contributed by atoms with Crippen molar-refractivity contribution < 1.29 is 14.3 Å². The van der Waals surface area contributed by atoms with Crippen molar-refractivity contribution in [3.05, 3.63) is 83.3 Å². The van der Waals surface area contributed by atoms with Crippen LogP contribution in [-0.2, 0) is 4.79 Å². The normalized spacial score (nSPS) is 11.2. The number of anilines is 3. The van der Waals surface area contributed by atoms with E-state index in [0.29, 0.717) is 22.8 Å². The molecule has 0 radical (unpaired) electrons. The molecule has 3 aromatic carbocycles. The number of urea groups is 1. The topological polar surface area (TPSA) is 79.5 Å². The molecule has 1 unspecified atom stereocenters. The lowest BCUT2D eigenvalue weighted by Gasteiger charge is -2.15. The summed E-state index contributed by atoms with van der Waals surface area (Å²) in [6, 6.07) is 22.9. The maximum Gasteiger partial charge on any atom is 0.323 e. The van der Waals surface area contributed by atoms with Crippen LogP contribution in [0.1, 0.15) is 6.92 Å². The Labute approximate surface area is 177 Å². The van der Waals surface area contributed by atoms with E-state index >= 15 is 0 Å². The third-order valence-corrected chi connectivity index (χ3v) is 4.44. The Morgan fingerprint density at radius 2 is 1.38 bits per heavy atom. The summed E-state index contributed by atoms with van der Waals surface area (Å²) >= 11 is 3.36. The fourth-order valence-electron chi connectivity index (χ4n) is 2.50. The van der Waals surface area contributed by atoms with Crippen LogP contribution in [0.5, 0.6) is 5.75 Å². The van der Waals surface area contributed by atoms with Gasteiger partial charge in [-0.25, -0.2) is 4.79 Å². The van der Waals surface area contributed by atoms with Crippen LogP contribution in [0.2, 0.25) is 0 Å². The lowest BCUT2D eigenvalue weighted by atomic mass is 10.2. The predicted octanol–water partition coefficient (Wildman–Crippen LogP) is 5.50. The summed E-state index contributed by atoms with van der Waals surface area (Å²) in [5.41, 5.74) is 1.80. The smallest absolute Gasteiger partial charge is 0.323 e. The summed E-state index contributed by atoms with van der Waals surface area (Å²) in [6.07, 6.45) is -0.686. The largest absolute Gasteiger partial charge is 0.481 e. The van der Waals surface area contributed by atoms with Gasteiger partial charge in [0.1, 0.15) is 5.75 Å². The Balaban J connectivity index is 1.56. The molecule has 3 rings (SSSR count). The number of para-hydroxylation sites is 1. The summed E-state index contributed by atoms with van der Waals surface area (Å²) in [4.78, 5) is 24.5. The molecule has 3 aromatic rings. The number of benzene rings is 3. The van der Waals surface area contributed by atoms with Gasteiger partial charge in [0.05, 0.1) is 0 Å². The molecule has 0 bridgehead atoms.